The third-order valence-electron chi connectivity index (χ3n) is 12.3. The van der Waals surface area contributed by atoms with Crippen LogP contribution >= 0.6 is 0 Å². The van der Waals surface area contributed by atoms with Crippen LogP contribution in [0.15, 0.2) is 219 Å². The topological polar surface area (TPSA) is 25.8 Å². The first-order valence-electron chi connectivity index (χ1n) is 20.6. The maximum Gasteiger partial charge on any atom is 0.0708 e. The molecule has 10 aromatic carbocycles. The molecule has 2 heterocycles. The van der Waals surface area contributed by atoms with Gasteiger partial charge in [-0.1, -0.05) is 164 Å². The fourth-order valence-corrected chi connectivity index (χ4v) is 9.77. The summed E-state index contributed by atoms with van der Waals surface area (Å²) in [6, 6.07) is 75.3. The SMILES string of the molecule is c1ccc(-c2cccc(-c3c(-c4ccccc4)c4cc5c(-c6cccc7ncccc67)c6ccccc6c(-c6cccc7ncccc67)c5cc4c4ccccc34)c2)cc1. The van der Waals surface area contributed by atoms with Crippen LogP contribution in [0.2, 0.25) is 0 Å². The number of pyridine rings is 2. The normalized spacial score (nSPS) is 11.7. The second-order valence-corrected chi connectivity index (χ2v) is 15.6. The van der Waals surface area contributed by atoms with Gasteiger partial charge in [0.15, 0.2) is 0 Å². The summed E-state index contributed by atoms with van der Waals surface area (Å²) in [5.74, 6) is 0. The molecule has 2 heteroatoms. The van der Waals surface area contributed by atoms with Crippen molar-refractivity contribution >= 4 is 64.9 Å². The van der Waals surface area contributed by atoms with E-state index in [1.807, 2.05) is 12.4 Å². The summed E-state index contributed by atoms with van der Waals surface area (Å²) >= 11 is 0. The number of hydrogen-bond acceptors (Lipinski definition) is 2. The Morgan fingerprint density at radius 1 is 0.217 bits per heavy atom. The van der Waals surface area contributed by atoms with Crippen LogP contribution in [0.1, 0.15) is 0 Å². The summed E-state index contributed by atoms with van der Waals surface area (Å²) in [5.41, 5.74) is 14.0. The highest BCUT2D eigenvalue weighted by molar-refractivity contribution is 6.31. The van der Waals surface area contributed by atoms with Crippen molar-refractivity contribution < 1.29 is 0 Å². The first-order valence-corrected chi connectivity index (χ1v) is 20.6. The lowest BCUT2D eigenvalue weighted by Gasteiger charge is -2.23. The van der Waals surface area contributed by atoms with E-state index in [4.69, 9.17) is 9.97 Å². The lowest BCUT2D eigenvalue weighted by molar-refractivity contribution is 1.41. The van der Waals surface area contributed by atoms with Crippen LogP contribution in [0.4, 0.5) is 0 Å². The van der Waals surface area contributed by atoms with Gasteiger partial charge < -0.3 is 0 Å². The quantitative estimate of drug-likeness (QED) is 0.129. The van der Waals surface area contributed by atoms with Crippen molar-refractivity contribution in [3.05, 3.63) is 219 Å². The fraction of sp³-hybridized carbons (Fsp3) is 0. The zero-order chi connectivity index (χ0) is 39.6. The Morgan fingerprint density at radius 3 is 1.23 bits per heavy atom. The lowest BCUT2D eigenvalue weighted by atomic mass is 9.80. The highest BCUT2D eigenvalue weighted by atomic mass is 14.6. The number of hydrogen-bond donors (Lipinski definition) is 0. The predicted molar refractivity (Wildman–Crippen MR) is 254 cm³/mol. The molecule has 0 spiro atoms. The van der Waals surface area contributed by atoms with Crippen LogP contribution in [0.3, 0.4) is 0 Å². The number of benzene rings is 10. The van der Waals surface area contributed by atoms with E-state index in [-0.39, 0.29) is 0 Å². The molecule has 0 unspecified atom stereocenters. The van der Waals surface area contributed by atoms with Gasteiger partial charge in [0.25, 0.3) is 0 Å². The summed E-state index contributed by atoms with van der Waals surface area (Å²) in [6.07, 6.45) is 3.77. The van der Waals surface area contributed by atoms with Crippen molar-refractivity contribution in [3.63, 3.8) is 0 Å². The van der Waals surface area contributed by atoms with E-state index in [2.05, 4.69) is 206 Å². The van der Waals surface area contributed by atoms with E-state index >= 15 is 0 Å². The van der Waals surface area contributed by atoms with Gasteiger partial charge in [0, 0.05) is 23.2 Å². The maximum absolute atomic E-state index is 4.83. The average Bonchev–Trinajstić information content (AvgIpc) is 3.32. The Labute approximate surface area is 347 Å². The van der Waals surface area contributed by atoms with Crippen molar-refractivity contribution in [1.82, 2.24) is 9.97 Å². The van der Waals surface area contributed by atoms with Crippen molar-refractivity contribution in [2.45, 2.75) is 0 Å². The number of fused-ring (bicyclic) bond motifs is 7. The lowest BCUT2D eigenvalue weighted by Crippen LogP contribution is -1.96. The molecule has 0 radical (unpaired) electrons. The smallest absolute Gasteiger partial charge is 0.0708 e. The van der Waals surface area contributed by atoms with Gasteiger partial charge in [-0.15, -0.1) is 0 Å². The Hall–Kier alpha value is -7.94. The van der Waals surface area contributed by atoms with Gasteiger partial charge in [0.1, 0.15) is 0 Å². The number of aromatic nitrogens is 2. The molecule has 0 saturated carbocycles. The van der Waals surface area contributed by atoms with Gasteiger partial charge in [-0.2, -0.15) is 0 Å². The molecule has 0 fully saturated rings. The van der Waals surface area contributed by atoms with E-state index in [0.717, 1.165) is 21.8 Å². The molecule has 2 nitrogen and oxygen atoms in total. The molecule has 0 aliphatic rings. The molecule has 2 aromatic heterocycles. The molecule has 0 atom stereocenters. The van der Waals surface area contributed by atoms with Crippen LogP contribution in [0.5, 0.6) is 0 Å². The molecule has 0 amide bonds. The Kier molecular flexibility index (Phi) is 7.89. The molecule has 12 aromatic rings. The van der Waals surface area contributed by atoms with Crippen molar-refractivity contribution in [3.8, 4) is 55.6 Å². The van der Waals surface area contributed by atoms with E-state index in [0.29, 0.717) is 0 Å². The molecule has 278 valence electrons. The Bertz CT molecular complexity index is 3640. The third-order valence-corrected chi connectivity index (χ3v) is 12.3. The summed E-state index contributed by atoms with van der Waals surface area (Å²) in [4.78, 5) is 9.65. The fourth-order valence-electron chi connectivity index (χ4n) is 9.77. The van der Waals surface area contributed by atoms with Gasteiger partial charge in [-0.3, -0.25) is 9.97 Å². The minimum atomic E-state index is 0.980. The largest absolute Gasteiger partial charge is 0.256 e. The van der Waals surface area contributed by atoms with E-state index in [9.17, 15) is 0 Å². The van der Waals surface area contributed by atoms with Crippen LogP contribution < -0.4 is 0 Å². The first-order chi connectivity index (χ1) is 29.8. The predicted octanol–water partition coefficient (Wildman–Crippen LogP) is 15.7. The molecular formula is C58H36N2. The molecular weight excluding hydrogens is 725 g/mol. The molecule has 0 N–H and O–H groups in total. The van der Waals surface area contributed by atoms with Gasteiger partial charge in [0.05, 0.1) is 11.0 Å². The third kappa shape index (κ3) is 5.35. The summed E-state index contributed by atoms with van der Waals surface area (Å²) in [5, 5.41) is 12.0. The summed E-state index contributed by atoms with van der Waals surface area (Å²) < 4.78 is 0. The van der Waals surface area contributed by atoms with Crippen LogP contribution in [0.25, 0.3) is 121 Å². The number of nitrogens with zero attached hydrogens (tertiary/aromatic N) is 2. The summed E-state index contributed by atoms with van der Waals surface area (Å²) in [7, 11) is 0. The van der Waals surface area contributed by atoms with Crippen molar-refractivity contribution in [2.75, 3.05) is 0 Å². The zero-order valence-electron chi connectivity index (χ0n) is 32.7. The standard InChI is InChI=1S/C58H36N2/c1-3-16-37(17-4-1)39-20-11-21-40(34-39)56-44-23-8-7-22-41(44)49-35-51-52(36-50(49)55(56)38-18-5-2-6-19-38)58(46-27-13-31-54-43(46)29-15-33-60-54)48-25-10-9-24-47(48)57(51)45-26-12-30-53-42(45)28-14-32-59-53/h1-36H. The maximum atomic E-state index is 4.83. The Balaban J connectivity index is 1.32. The van der Waals surface area contributed by atoms with Crippen molar-refractivity contribution in [1.29, 1.82) is 0 Å². The van der Waals surface area contributed by atoms with Crippen LogP contribution in [-0.4, -0.2) is 9.97 Å². The highest BCUT2D eigenvalue weighted by Gasteiger charge is 2.24. The minimum absolute atomic E-state index is 0.980. The second kappa shape index (κ2) is 13.9. The molecule has 0 aliphatic carbocycles. The van der Waals surface area contributed by atoms with E-state index in [1.165, 1.54) is 98.7 Å². The summed E-state index contributed by atoms with van der Waals surface area (Å²) in [6.45, 7) is 0. The molecule has 60 heavy (non-hydrogen) atoms. The van der Waals surface area contributed by atoms with Gasteiger partial charge in [0.2, 0.25) is 0 Å². The Morgan fingerprint density at radius 2 is 0.633 bits per heavy atom. The molecule has 12 rings (SSSR count). The van der Waals surface area contributed by atoms with E-state index in [1.54, 1.807) is 0 Å². The first kappa shape index (κ1) is 34.1. The molecule has 0 saturated heterocycles. The van der Waals surface area contributed by atoms with Crippen molar-refractivity contribution in [2.24, 2.45) is 0 Å². The number of rotatable bonds is 5. The van der Waals surface area contributed by atoms with Crippen LogP contribution in [-0.2, 0) is 0 Å². The van der Waals surface area contributed by atoms with Gasteiger partial charge >= 0.3 is 0 Å². The highest BCUT2D eigenvalue weighted by Crippen LogP contribution is 2.51. The van der Waals surface area contributed by atoms with E-state index < -0.39 is 0 Å². The minimum Gasteiger partial charge on any atom is -0.256 e. The van der Waals surface area contributed by atoms with Gasteiger partial charge in [-0.25, -0.2) is 0 Å². The monoisotopic (exact) mass is 760 g/mol. The second-order valence-electron chi connectivity index (χ2n) is 15.6. The molecule has 0 bridgehead atoms. The van der Waals surface area contributed by atoms with Gasteiger partial charge in [-0.05, 0) is 141 Å². The zero-order valence-corrected chi connectivity index (χ0v) is 32.7. The van der Waals surface area contributed by atoms with Crippen LogP contribution in [0, 0.1) is 0 Å². The molecule has 0 aliphatic heterocycles. The average molecular weight is 761 g/mol.